The molecule has 19 heavy (non-hydrogen) atoms. The van der Waals surface area contributed by atoms with Crippen LogP contribution in [0.3, 0.4) is 0 Å². The molecule has 0 aliphatic rings. The molecule has 1 amide bonds. The molecule has 0 radical (unpaired) electrons. The second-order valence-corrected chi connectivity index (χ2v) is 3.70. The number of carbonyl (C=O) groups excluding carboxylic acids is 1. The van der Waals surface area contributed by atoms with Crippen LogP contribution in [-0.2, 0) is 4.79 Å². The summed E-state index contributed by atoms with van der Waals surface area (Å²) in [7, 11) is 1.47. The van der Waals surface area contributed by atoms with Gasteiger partial charge in [-0.25, -0.2) is 0 Å². The number of carbonyl (C=O) groups is 1. The van der Waals surface area contributed by atoms with E-state index in [-0.39, 0.29) is 18.5 Å². The van der Waals surface area contributed by atoms with Crippen LogP contribution in [0.15, 0.2) is 0 Å². The zero-order valence-corrected chi connectivity index (χ0v) is 11.5. The van der Waals surface area contributed by atoms with Crippen LogP contribution in [0, 0.1) is 0 Å². The SMILES string of the molecule is CCCNC(=O)CNc1nc(NCC)nc(OC)n1. The van der Waals surface area contributed by atoms with Gasteiger partial charge in [0.15, 0.2) is 0 Å². The first-order valence-electron chi connectivity index (χ1n) is 6.24. The number of nitrogens with zero attached hydrogens (tertiary/aromatic N) is 3. The summed E-state index contributed by atoms with van der Waals surface area (Å²) in [5, 5.41) is 8.55. The maximum Gasteiger partial charge on any atom is 0.322 e. The minimum absolute atomic E-state index is 0.105. The maximum atomic E-state index is 11.4. The van der Waals surface area contributed by atoms with Gasteiger partial charge < -0.3 is 20.7 Å². The van der Waals surface area contributed by atoms with Crippen LogP contribution in [0.2, 0.25) is 0 Å². The molecule has 0 aliphatic carbocycles. The predicted octanol–water partition coefficient (Wildman–Crippen LogP) is 0.250. The lowest BCUT2D eigenvalue weighted by molar-refractivity contribution is -0.119. The molecule has 0 saturated carbocycles. The maximum absolute atomic E-state index is 11.4. The monoisotopic (exact) mass is 268 g/mol. The Balaban J connectivity index is 2.61. The molecule has 0 saturated heterocycles. The molecule has 0 bridgehead atoms. The standard InChI is InChI=1S/C11H20N6O2/c1-4-6-13-8(18)7-14-10-15-9(12-5-2)16-11(17-10)19-3/h4-7H2,1-3H3,(H,13,18)(H2,12,14,15,16,17). The molecular formula is C11H20N6O2. The van der Waals surface area contributed by atoms with E-state index in [0.717, 1.165) is 6.42 Å². The molecule has 3 N–H and O–H groups in total. The van der Waals surface area contributed by atoms with Crippen molar-refractivity contribution in [2.24, 2.45) is 0 Å². The molecule has 106 valence electrons. The predicted molar refractivity (Wildman–Crippen MR) is 72.3 cm³/mol. The molecule has 0 aliphatic heterocycles. The van der Waals surface area contributed by atoms with Gasteiger partial charge >= 0.3 is 6.01 Å². The summed E-state index contributed by atoms with van der Waals surface area (Å²) < 4.78 is 4.97. The van der Waals surface area contributed by atoms with Gasteiger partial charge in [0.25, 0.3) is 0 Å². The Bertz CT molecular complexity index is 412. The van der Waals surface area contributed by atoms with Crippen LogP contribution in [0.5, 0.6) is 6.01 Å². The van der Waals surface area contributed by atoms with Crippen molar-refractivity contribution in [3.63, 3.8) is 0 Å². The molecule has 0 atom stereocenters. The number of nitrogens with one attached hydrogen (secondary N) is 3. The van der Waals surface area contributed by atoms with E-state index in [1.165, 1.54) is 7.11 Å². The molecule has 0 unspecified atom stereocenters. The van der Waals surface area contributed by atoms with E-state index >= 15 is 0 Å². The number of methoxy groups -OCH3 is 1. The zero-order valence-electron chi connectivity index (χ0n) is 11.5. The fourth-order valence-electron chi connectivity index (χ4n) is 1.25. The number of anilines is 2. The topological polar surface area (TPSA) is 101 Å². The van der Waals surface area contributed by atoms with Crippen LogP contribution in [0.4, 0.5) is 11.9 Å². The number of hydrogen-bond acceptors (Lipinski definition) is 7. The highest BCUT2D eigenvalue weighted by molar-refractivity contribution is 5.80. The van der Waals surface area contributed by atoms with Gasteiger partial charge in [-0.2, -0.15) is 15.0 Å². The summed E-state index contributed by atoms with van der Waals surface area (Å²) in [6.07, 6.45) is 0.899. The Morgan fingerprint density at radius 1 is 1.16 bits per heavy atom. The number of amides is 1. The lowest BCUT2D eigenvalue weighted by Gasteiger charge is -2.08. The molecule has 1 heterocycles. The van der Waals surface area contributed by atoms with Gasteiger partial charge in [0, 0.05) is 13.1 Å². The summed E-state index contributed by atoms with van der Waals surface area (Å²) in [5.74, 6) is 0.603. The van der Waals surface area contributed by atoms with E-state index in [1.807, 2.05) is 13.8 Å². The van der Waals surface area contributed by atoms with Crippen molar-refractivity contribution >= 4 is 17.8 Å². The quantitative estimate of drug-likeness (QED) is 0.621. The first-order chi connectivity index (χ1) is 9.19. The highest BCUT2D eigenvalue weighted by atomic mass is 16.5. The Morgan fingerprint density at radius 2 is 1.84 bits per heavy atom. The number of rotatable bonds is 8. The average molecular weight is 268 g/mol. The van der Waals surface area contributed by atoms with Crippen LogP contribution < -0.4 is 20.7 Å². The molecule has 0 spiro atoms. The molecule has 1 rings (SSSR count). The summed E-state index contributed by atoms with van der Waals surface area (Å²) in [4.78, 5) is 23.6. The van der Waals surface area contributed by atoms with E-state index in [1.54, 1.807) is 0 Å². The van der Waals surface area contributed by atoms with E-state index in [9.17, 15) is 4.79 Å². The van der Waals surface area contributed by atoms with Crippen molar-refractivity contribution in [1.82, 2.24) is 20.3 Å². The molecular weight excluding hydrogens is 248 g/mol. The third-order valence-corrected chi connectivity index (χ3v) is 2.11. The second-order valence-electron chi connectivity index (χ2n) is 3.70. The minimum atomic E-state index is -0.105. The van der Waals surface area contributed by atoms with Crippen molar-refractivity contribution < 1.29 is 9.53 Å². The lowest BCUT2D eigenvalue weighted by Crippen LogP contribution is -2.30. The molecule has 1 aromatic rings. The van der Waals surface area contributed by atoms with Crippen molar-refractivity contribution in [3.05, 3.63) is 0 Å². The molecule has 0 fully saturated rings. The third-order valence-electron chi connectivity index (χ3n) is 2.11. The summed E-state index contributed by atoms with van der Waals surface area (Å²) in [6, 6.07) is 0.197. The summed E-state index contributed by atoms with van der Waals surface area (Å²) in [6.45, 7) is 5.38. The Hall–Kier alpha value is -2.12. The molecule has 0 aromatic carbocycles. The van der Waals surface area contributed by atoms with Gasteiger partial charge in [0.2, 0.25) is 17.8 Å². The fourth-order valence-corrected chi connectivity index (χ4v) is 1.25. The van der Waals surface area contributed by atoms with Crippen LogP contribution in [0.25, 0.3) is 0 Å². The first kappa shape index (κ1) is 14.9. The van der Waals surface area contributed by atoms with Gasteiger partial charge in [-0.1, -0.05) is 6.92 Å². The van der Waals surface area contributed by atoms with E-state index < -0.39 is 0 Å². The Labute approximate surface area is 112 Å². The van der Waals surface area contributed by atoms with Crippen molar-refractivity contribution in [3.8, 4) is 6.01 Å². The zero-order chi connectivity index (χ0) is 14.1. The van der Waals surface area contributed by atoms with Gasteiger partial charge in [-0.05, 0) is 13.3 Å². The van der Waals surface area contributed by atoms with Crippen molar-refractivity contribution in [2.45, 2.75) is 20.3 Å². The van der Waals surface area contributed by atoms with Gasteiger partial charge in [0.05, 0.1) is 13.7 Å². The smallest absolute Gasteiger partial charge is 0.322 e. The fraction of sp³-hybridized carbons (Fsp3) is 0.636. The number of hydrogen-bond donors (Lipinski definition) is 3. The minimum Gasteiger partial charge on any atom is -0.467 e. The molecule has 1 aromatic heterocycles. The first-order valence-corrected chi connectivity index (χ1v) is 6.24. The highest BCUT2D eigenvalue weighted by Gasteiger charge is 2.07. The summed E-state index contributed by atoms with van der Waals surface area (Å²) in [5.41, 5.74) is 0. The highest BCUT2D eigenvalue weighted by Crippen LogP contribution is 2.09. The van der Waals surface area contributed by atoms with Gasteiger partial charge in [-0.3, -0.25) is 4.79 Å². The lowest BCUT2D eigenvalue weighted by atomic mass is 10.4. The molecule has 8 nitrogen and oxygen atoms in total. The number of aromatic nitrogens is 3. The number of ether oxygens (including phenoxy) is 1. The van der Waals surface area contributed by atoms with E-state index in [0.29, 0.717) is 25.0 Å². The van der Waals surface area contributed by atoms with E-state index in [4.69, 9.17) is 4.74 Å². The second kappa shape index (κ2) is 8.06. The van der Waals surface area contributed by atoms with Crippen molar-refractivity contribution in [1.29, 1.82) is 0 Å². The van der Waals surface area contributed by atoms with E-state index in [2.05, 4.69) is 30.9 Å². The van der Waals surface area contributed by atoms with Crippen molar-refractivity contribution in [2.75, 3.05) is 37.4 Å². The molecule has 8 heteroatoms. The average Bonchev–Trinajstić information content (AvgIpc) is 2.43. The summed E-state index contributed by atoms with van der Waals surface area (Å²) >= 11 is 0. The Kier molecular flexibility index (Phi) is 6.34. The van der Waals surface area contributed by atoms with Crippen LogP contribution >= 0.6 is 0 Å². The third kappa shape index (κ3) is 5.36. The normalized spacial score (nSPS) is 9.84. The largest absolute Gasteiger partial charge is 0.467 e. The van der Waals surface area contributed by atoms with Crippen LogP contribution in [-0.4, -0.2) is 47.6 Å². The van der Waals surface area contributed by atoms with Gasteiger partial charge in [-0.15, -0.1) is 0 Å². The van der Waals surface area contributed by atoms with Gasteiger partial charge in [0.1, 0.15) is 0 Å². The Morgan fingerprint density at radius 3 is 2.42 bits per heavy atom. The van der Waals surface area contributed by atoms with Crippen LogP contribution in [0.1, 0.15) is 20.3 Å².